The Balaban J connectivity index is 2.16. The van der Waals surface area contributed by atoms with Gasteiger partial charge in [0.25, 0.3) is 0 Å². The lowest BCUT2D eigenvalue weighted by Crippen LogP contribution is -2.23. The van der Waals surface area contributed by atoms with E-state index in [4.69, 9.17) is 4.74 Å². The van der Waals surface area contributed by atoms with Crippen molar-refractivity contribution in [3.05, 3.63) is 29.8 Å². The largest absolute Gasteiger partial charge is 0.377 e. The highest BCUT2D eigenvalue weighted by atomic mass is 32.2. The van der Waals surface area contributed by atoms with Gasteiger partial charge < -0.3 is 4.74 Å². The summed E-state index contributed by atoms with van der Waals surface area (Å²) in [6.07, 6.45) is 1.41. The number of ether oxygens (including phenoxy) is 1. The van der Waals surface area contributed by atoms with Crippen LogP contribution in [-0.4, -0.2) is 53.7 Å². The quantitative estimate of drug-likeness (QED) is 0.768. The number of hydrogen-bond acceptors (Lipinski definition) is 5. The average molecular weight is 347 g/mol. The molecule has 0 spiro atoms. The van der Waals surface area contributed by atoms with Gasteiger partial charge in [-0.25, -0.2) is 21.1 Å². The molecule has 0 aliphatic carbocycles. The van der Waals surface area contributed by atoms with Crippen LogP contribution in [0.5, 0.6) is 0 Å². The molecule has 0 bridgehead atoms. The van der Waals surface area contributed by atoms with Crippen molar-refractivity contribution in [2.75, 3.05) is 26.5 Å². The Kier molecular flexibility index (Phi) is 5.26. The maximum Gasteiger partial charge on any atom is 0.242 e. The van der Waals surface area contributed by atoms with Crippen LogP contribution < -0.4 is 0 Å². The van der Waals surface area contributed by atoms with Gasteiger partial charge in [0, 0.05) is 20.7 Å². The number of nitrogens with zero attached hydrogens (tertiary/aromatic N) is 1. The molecule has 124 valence electrons. The maximum atomic E-state index is 12.2. The van der Waals surface area contributed by atoms with Crippen LogP contribution in [0.25, 0.3) is 0 Å². The van der Waals surface area contributed by atoms with Gasteiger partial charge in [-0.1, -0.05) is 12.1 Å². The first-order valence-corrected chi connectivity index (χ1v) is 10.3. The highest BCUT2D eigenvalue weighted by Gasteiger charge is 2.24. The summed E-state index contributed by atoms with van der Waals surface area (Å²) in [6, 6.07) is 6.07. The Hall–Kier alpha value is -0.960. The van der Waals surface area contributed by atoms with E-state index in [2.05, 4.69) is 0 Å². The average Bonchev–Trinajstić information content (AvgIpc) is 2.90. The molecule has 0 N–H and O–H groups in total. The van der Waals surface area contributed by atoms with Crippen molar-refractivity contribution in [3.63, 3.8) is 0 Å². The lowest BCUT2D eigenvalue weighted by atomic mass is 10.2. The lowest BCUT2D eigenvalue weighted by molar-refractivity contribution is 0.127. The van der Waals surface area contributed by atoms with Crippen LogP contribution in [0.2, 0.25) is 0 Å². The Morgan fingerprint density at radius 3 is 2.55 bits per heavy atom. The summed E-state index contributed by atoms with van der Waals surface area (Å²) in [5.74, 6) is -0.193. The van der Waals surface area contributed by atoms with E-state index < -0.39 is 19.9 Å². The molecule has 1 aliphatic rings. The molecule has 1 aromatic rings. The number of hydrogen-bond donors (Lipinski definition) is 0. The molecule has 1 atom stereocenters. The van der Waals surface area contributed by atoms with E-state index in [-0.39, 0.29) is 22.5 Å². The van der Waals surface area contributed by atoms with Gasteiger partial charge in [0.05, 0.1) is 22.5 Å². The second-order valence-electron chi connectivity index (χ2n) is 5.62. The molecule has 1 fully saturated rings. The first-order chi connectivity index (χ1) is 10.2. The Morgan fingerprint density at radius 2 is 1.95 bits per heavy atom. The summed E-state index contributed by atoms with van der Waals surface area (Å²) in [5.41, 5.74) is 0.473. The standard InChI is InChI=1S/C14H21NO5S2/c1-15(2)22(18,19)14-7-3-5-12(9-14)10-21(16,17)11-13-6-4-8-20-13/h3,5,7,9,13H,4,6,8,10-11H2,1-2H3/t13-/m0/s1. The van der Waals surface area contributed by atoms with E-state index in [1.807, 2.05) is 0 Å². The first kappa shape index (κ1) is 17.4. The minimum absolute atomic E-state index is 0.0162. The van der Waals surface area contributed by atoms with Crippen LogP contribution in [-0.2, 0) is 30.4 Å². The summed E-state index contributed by atoms with van der Waals surface area (Å²) in [4.78, 5) is 0.0994. The van der Waals surface area contributed by atoms with Crippen molar-refractivity contribution in [1.29, 1.82) is 0 Å². The molecule has 0 radical (unpaired) electrons. The van der Waals surface area contributed by atoms with E-state index in [1.54, 1.807) is 12.1 Å². The molecular formula is C14H21NO5S2. The van der Waals surface area contributed by atoms with E-state index in [1.165, 1.54) is 26.2 Å². The fourth-order valence-corrected chi connectivity index (χ4v) is 4.99. The summed E-state index contributed by atoms with van der Waals surface area (Å²) in [5, 5.41) is 0. The Labute approximate surface area is 132 Å². The summed E-state index contributed by atoms with van der Waals surface area (Å²) >= 11 is 0. The molecule has 0 aromatic heterocycles. The van der Waals surface area contributed by atoms with E-state index in [0.29, 0.717) is 12.2 Å². The fraction of sp³-hybridized carbons (Fsp3) is 0.571. The molecule has 8 heteroatoms. The normalized spacial score (nSPS) is 19.7. The van der Waals surface area contributed by atoms with Gasteiger partial charge in [-0.15, -0.1) is 0 Å². The molecule has 0 saturated carbocycles. The van der Waals surface area contributed by atoms with Crippen LogP contribution in [0.15, 0.2) is 29.2 Å². The molecule has 2 rings (SSSR count). The van der Waals surface area contributed by atoms with Crippen LogP contribution in [0, 0.1) is 0 Å². The molecule has 1 aromatic carbocycles. The van der Waals surface area contributed by atoms with Gasteiger partial charge in [-0.05, 0) is 30.5 Å². The SMILES string of the molecule is CN(C)S(=O)(=O)c1cccc(CS(=O)(=O)C[C@@H]2CCCO2)c1. The van der Waals surface area contributed by atoms with Gasteiger partial charge in [0.15, 0.2) is 9.84 Å². The van der Waals surface area contributed by atoms with Gasteiger partial charge >= 0.3 is 0 Å². The van der Waals surface area contributed by atoms with Crippen molar-refractivity contribution in [1.82, 2.24) is 4.31 Å². The number of rotatable bonds is 6. The number of sulfone groups is 1. The van der Waals surface area contributed by atoms with Crippen molar-refractivity contribution in [2.24, 2.45) is 0 Å². The van der Waals surface area contributed by atoms with Crippen LogP contribution in [0.3, 0.4) is 0 Å². The summed E-state index contributed by atoms with van der Waals surface area (Å²) < 4.78 is 55.1. The molecule has 6 nitrogen and oxygen atoms in total. The smallest absolute Gasteiger partial charge is 0.242 e. The van der Waals surface area contributed by atoms with Crippen molar-refractivity contribution >= 4 is 19.9 Å². The second-order valence-corrected chi connectivity index (χ2v) is 9.89. The minimum Gasteiger partial charge on any atom is -0.377 e. The van der Waals surface area contributed by atoms with Gasteiger partial charge in [-0.3, -0.25) is 0 Å². The predicted molar refractivity (Wildman–Crippen MR) is 83.8 cm³/mol. The van der Waals surface area contributed by atoms with Crippen molar-refractivity contribution in [3.8, 4) is 0 Å². The van der Waals surface area contributed by atoms with Crippen LogP contribution >= 0.6 is 0 Å². The molecule has 1 saturated heterocycles. The Morgan fingerprint density at radius 1 is 1.23 bits per heavy atom. The highest BCUT2D eigenvalue weighted by Crippen LogP contribution is 2.19. The maximum absolute atomic E-state index is 12.2. The molecule has 0 amide bonds. The summed E-state index contributed by atoms with van der Waals surface area (Å²) in [7, 11) is -4.02. The zero-order valence-corrected chi connectivity index (χ0v) is 14.4. The van der Waals surface area contributed by atoms with E-state index in [0.717, 1.165) is 17.1 Å². The van der Waals surface area contributed by atoms with Crippen molar-refractivity contribution in [2.45, 2.75) is 29.6 Å². The topological polar surface area (TPSA) is 80.8 Å². The van der Waals surface area contributed by atoms with E-state index in [9.17, 15) is 16.8 Å². The van der Waals surface area contributed by atoms with E-state index >= 15 is 0 Å². The lowest BCUT2D eigenvalue weighted by Gasteiger charge is -2.13. The van der Waals surface area contributed by atoms with Gasteiger partial charge in [-0.2, -0.15) is 0 Å². The third-order valence-electron chi connectivity index (χ3n) is 3.53. The third-order valence-corrected chi connectivity index (χ3v) is 6.99. The van der Waals surface area contributed by atoms with Gasteiger partial charge in [0.2, 0.25) is 10.0 Å². The molecule has 1 heterocycles. The minimum atomic E-state index is -3.56. The van der Waals surface area contributed by atoms with Crippen LogP contribution in [0.4, 0.5) is 0 Å². The molecule has 1 aliphatic heterocycles. The van der Waals surface area contributed by atoms with Crippen LogP contribution in [0.1, 0.15) is 18.4 Å². The third kappa shape index (κ3) is 4.28. The second kappa shape index (κ2) is 6.66. The highest BCUT2D eigenvalue weighted by molar-refractivity contribution is 7.90. The first-order valence-electron chi connectivity index (χ1n) is 7.04. The summed E-state index contributed by atoms with van der Waals surface area (Å²) in [6.45, 7) is 0.608. The number of benzene rings is 1. The molecule has 22 heavy (non-hydrogen) atoms. The molecule has 0 unspecified atom stereocenters. The number of sulfonamides is 1. The Bertz CT molecular complexity index is 719. The predicted octanol–water partition coefficient (Wildman–Crippen LogP) is 1.03. The fourth-order valence-electron chi connectivity index (χ4n) is 2.38. The van der Waals surface area contributed by atoms with Gasteiger partial charge in [0.1, 0.15) is 0 Å². The zero-order chi connectivity index (χ0) is 16.4. The molecular weight excluding hydrogens is 326 g/mol. The zero-order valence-electron chi connectivity index (χ0n) is 12.7. The monoisotopic (exact) mass is 347 g/mol. The van der Waals surface area contributed by atoms with Crippen molar-refractivity contribution < 1.29 is 21.6 Å².